The molecule has 7 heteroatoms. The van der Waals surface area contributed by atoms with Gasteiger partial charge in [0.1, 0.15) is 23.2 Å². The van der Waals surface area contributed by atoms with E-state index in [0.717, 1.165) is 61.3 Å². The molecule has 0 fully saturated rings. The van der Waals surface area contributed by atoms with E-state index in [2.05, 4.69) is 16.3 Å². The Kier molecular flexibility index (Phi) is 5.90. The lowest BCUT2D eigenvalue weighted by Gasteiger charge is -2.19. The first kappa shape index (κ1) is 21.0. The molecule has 33 heavy (non-hydrogen) atoms. The Bertz CT molecular complexity index is 1240. The third kappa shape index (κ3) is 4.12. The highest BCUT2D eigenvalue weighted by Crippen LogP contribution is 2.30. The molecule has 5 rings (SSSR count). The summed E-state index contributed by atoms with van der Waals surface area (Å²) in [5.41, 5.74) is 3.12. The van der Waals surface area contributed by atoms with Crippen LogP contribution in [0.25, 0.3) is 11.3 Å². The number of amides is 1. The van der Waals surface area contributed by atoms with Crippen LogP contribution in [0.2, 0.25) is 0 Å². The van der Waals surface area contributed by atoms with E-state index >= 15 is 0 Å². The average molecular weight is 440 g/mol. The summed E-state index contributed by atoms with van der Waals surface area (Å²) in [5.74, 6) is 1.63. The first-order valence-electron chi connectivity index (χ1n) is 11.4. The number of aromatic nitrogens is 3. The molecule has 2 aliphatic heterocycles. The van der Waals surface area contributed by atoms with Crippen LogP contribution in [-0.4, -0.2) is 33.8 Å². The highest BCUT2D eigenvalue weighted by molar-refractivity contribution is 5.98. The van der Waals surface area contributed by atoms with Crippen molar-refractivity contribution in [2.45, 2.75) is 38.6 Å². The van der Waals surface area contributed by atoms with Gasteiger partial charge >= 0.3 is 0 Å². The number of anilines is 1. The summed E-state index contributed by atoms with van der Waals surface area (Å²) in [7, 11) is 0. The van der Waals surface area contributed by atoms with Crippen LogP contribution in [0.5, 0.6) is 0 Å². The van der Waals surface area contributed by atoms with Crippen LogP contribution >= 0.6 is 0 Å². The van der Waals surface area contributed by atoms with Crippen LogP contribution in [0.15, 0.2) is 54.6 Å². The molecule has 0 N–H and O–H groups in total. The zero-order valence-corrected chi connectivity index (χ0v) is 18.4. The number of allylic oxidation sites excluding steroid dienone is 1. The molecule has 0 radical (unpaired) electrons. The molecule has 1 amide bonds. The van der Waals surface area contributed by atoms with E-state index in [0.29, 0.717) is 23.7 Å². The monoisotopic (exact) mass is 439 g/mol. The molecule has 2 aliphatic rings. The number of carbonyl (C=O) groups is 1. The van der Waals surface area contributed by atoms with E-state index in [9.17, 15) is 10.1 Å². The van der Waals surface area contributed by atoms with E-state index in [-0.39, 0.29) is 12.5 Å². The average Bonchev–Trinajstić information content (AvgIpc) is 3.39. The zero-order chi connectivity index (χ0) is 22.6. The Morgan fingerprint density at radius 1 is 0.970 bits per heavy atom. The third-order valence-corrected chi connectivity index (χ3v) is 6.24. The maximum absolute atomic E-state index is 13.1. The number of carbonyl (C=O) groups excluding carboxylic acids is 1. The highest BCUT2D eigenvalue weighted by Gasteiger charge is 2.27. The Balaban J connectivity index is 1.48. The van der Waals surface area contributed by atoms with E-state index in [1.54, 1.807) is 4.90 Å². The molecule has 3 heterocycles. The fraction of sp³-hybridized carbons (Fsp3) is 0.308. The topological polar surface area (TPSA) is 84.0 Å². The van der Waals surface area contributed by atoms with Gasteiger partial charge in [-0.1, -0.05) is 55.0 Å². The summed E-state index contributed by atoms with van der Waals surface area (Å²) in [6.45, 7) is 1.24. The number of benzene rings is 2. The van der Waals surface area contributed by atoms with E-state index in [1.165, 1.54) is 0 Å². The normalized spacial score (nSPS) is 15.7. The van der Waals surface area contributed by atoms with Gasteiger partial charge in [0, 0.05) is 30.8 Å². The summed E-state index contributed by atoms with van der Waals surface area (Å²) in [6, 6.07) is 19.6. The van der Waals surface area contributed by atoms with Crippen LogP contribution < -0.4 is 4.90 Å². The predicted octanol–water partition coefficient (Wildman–Crippen LogP) is 4.00. The van der Waals surface area contributed by atoms with Gasteiger partial charge < -0.3 is 14.2 Å². The molecule has 166 valence electrons. The number of nitriles is 1. The van der Waals surface area contributed by atoms with Gasteiger partial charge in [-0.2, -0.15) is 5.26 Å². The summed E-state index contributed by atoms with van der Waals surface area (Å²) in [6.07, 6.45) is 4.89. The second kappa shape index (κ2) is 9.29. The zero-order valence-electron chi connectivity index (χ0n) is 18.4. The van der Waals surface area contributed by atoms with Gasteiger partial charge in [-0.3, -0.25) is 4.79 Å². The first-order valence-corrected chi connectivity index (χ1v) is 11.4. The van der Waals surface area contributed by atoms with Crippen molar-refractivity contribution in [2.75, 3.05) is 18.1 Å². The van der Waals surface area contributed by atoms with Crippen molar-refractivity contribution < 1.29 is 9.53 Å². The van der Waals surface area contributed by atoms with Crippen molar-refractivity contribution in [3.05, 3.63) is 77.4 Å². The largest absolute Gasteiger partial charge is 0.482 e. The molecule has 0 bridgehead atoms. The number of fused-ring (bicyclic) bond motifs is 2. The van der Waals surface area contributed by atoms with Gasteiger partial charge in [0.15, 0.2) is 12.4 Å². The highest BCUT2D eigenvalue weighted by atomic mass is 16.5. The minimum absolute atomic E-state index is 0.134. The number of para-hydroxylation sites is 1. The number of ether oxygens (including phenoxy) is 1. The maximum Gasteiger partial charge on any atom is 0.264 e. The third-order valence-electron chi connectivity index (χ3n) is 6.24. The van der Waals surface area contributed by atoms with Gasteiger partial charge in [-0.15, -0.1) is 10.2 Å². The van der Waals surface area contributed by atoms with E-state index < -0.39 is 0 Å². The molecule has 0 aliphatic carbocycles. The first-order chi connectivity index (χ1) is 16.3. The fourth-order valence-electron chi connectivity index (χ4n) is 4.57. The molecule has 7 nitrogen and oxygen atoms in total. The van der Waals surface area contributed by atoms with Crippen LogP contribution in [-0.2, 0) is 28.9 Å². The summed E-state index contributed by atoms with van der Waals surface area (Å²) in [4.78, 5) is 14.8. The standard InChI is InChI=1S/C26H25N5O2/c27-17-21(26-29-28-23-13-5-2-8-15-31(23)26)25(20-10-3-1-4-11-20)33-18-24(32)30-16-14-19-9-6-7-12-22(19)30/h1,3-4,6-7,9-12H,2,5,8,13-16,18H2. The van der Waals surface area contributed by atoms with Crippen molar-refractivity contribution in [2.24, 2.45) is 0 Å². The second-order valence-corrected chi connectivity index (χ2v) is 8.30. The Morgan fingerprint density at radius 3 is 2.64 bits per heavy atom. The number of hydrogen-bond acceptors (Lipinski definition) is 5. The maximum atomic E-state index is 13.1. The Hall–Kier alpha value is -3.92. The molecule has 1 aromatic heterocycles. The van der Waals surface area contributed by atoms with Crippen LogP contribution in [0.4, 0.5) is 5.69 Å². The molecule has 2 aromatic carbocycles. The van der Waals surface area contributed by atoms with Gasteiger partial charge in [0.05, 0.1) is 0 Å². The smallest absolute Gasteiger partial charge is 0.264 e. The molecule has 0 spiro atoms. The molecule has 0 saturated carbocycles. The Labute approximate surface area is 192 Å². The molecular weight excluding hydrogens is 414 g/mol. The van der Waals surface area contributed by atoms with Gasteiger partial charge in [0.25, 0.3) is 5.91 Å². The second-order valence-electron chi connectivity index (χ2n) is 8.30. The molecule has 0 saturated heterocycles. The minimum Gasteiger partial charge on any atom is -0.482 e. The number of rotatable bonds is 5. The van der Waals surface area contributed by atoms with Gasteiger partial charge in [0.2, 0.25) is 0 Å². The van der Waals surface area contributed by atoms with Crippen molar-refractivity contribution in [3.63, 3.8) is 0 Å². The minimum atomic E-state index is -0.162. The molecule has 0 atom stereocenters. The fourth-order valence-corrected chi connectivity index (χ4v) is 4.57. The lowest BCUT2D eigenvalue weighted by molar-refractivity contribution is -0.121. The van der Waals surface area contributed by atoms with Gasteiger partial charge in [-0.25, -0.2) is 0 Å². The van der Waals surface area contributed by atoms with Crippen molar-refractivity contribution >= 4 is 22.9 Å². The SMILES string of the molecule is N#CC(=C(OCC(=O)N1CCc2ccccc21)c1ccccc1)c1nnc2n1CCCCC2. The summed E-state index contributed by atoms with van der Waals surface area (Å²) < 4.78 is 8.13. The number of hydrogen-bond donors (Lipinski definition) is 0. The summed E-state index contributed by atoms with van der Waals surface area (Å²) in [5, 5.41) is 18.8. The summed E-state index contributed by atoms with van der Waals surface area (Å²) >= 11 is 0. The Morgan fingerprint density at radius 2 is 1.79 bits per heavy atom. The van der Waals surface area contributed by atoms with Crippen LogP contribution in [0.1, 0.15) is 42.0 Å². The molecular formula is C26H25N5O2. The lowest BCUT2D eigenvalue weighted by Crippen LogP contribution is -2.32. The van der Waals surface area contributed by atoms with Crippen molar-refractivity contribution in [3.8, 4) is 6.07 Å². The van der Waals surface area contributed by atoms with Crippen LogP contribution in [0, 0.1) is 11.3 Å². The molecule has 3 aromatic rings. The molecule has 0 unspecified atom stereocenters. The van der Waals surface area contributed by atoms with Crippen molar-refractivity contribution in [1.29, 1.82) is 5.26 Å². The van der Waals surface area contributed by atoms with E-state index in [1.807, 2.05) is 59.2 Å². The van der Waals surface area contributed by atoms with E-state index in [4.69, 9.17) is 4.74 Å². The van der Waals surface area contributed by atoms with Crippen molar-refractivity contribution in [1.82, 2.24) is 14.8 Å². The van der Waals surface area contributed by atoms with Gasteiger partial charge in [-0.05, 0) is 30.9 Å². The quantitative estimate of drug-likeness (QED) is 0.443. The number of nitrogens with zero attached hydrogens (tertiary/aromatic N) is 5. The predicted molar refractivity (Wildman–Crippen MR) is 125 cm³/mol. The van der Waals surface area contributed by atoms with Crippen LogP contribution in [0.3, 0.4) is 0 Å². The lowest BCUT2D eigenvalue weighted by atomic mass is 10.1. The number of aryl methyl sites for hydroxylation is 1.